The number of benzene rings is 1. The van der Waals surface area contributed by atoms with Crippen molar-refractivity contribution in [2.45, 2.75) is 0 Å². The summed E-state index contributed by atoms with van der Waals surface area (Å²) < 4.78 is 6.71. The van der Waals surface area contributed by atoms with Gasteiger partial charge in [0.15, 0.2) is 5.82 Å². The van der Waals surface area contributed by atoms with Crippen molar-refractivity contribution in [1.29, 1.82) is 0 Å². The lowest BCUT2D eigenvalue weighted by Crippen LogP contribution is -2.12. The summed E-state index contributed by atoms with van der Waals surface area (Å²) in [5, 5.41) is 6.96. The zero-order valence-corrected chi connectivity index (χ0v) is 12.8. The molecule has 0 unspecified atom stereocenters. The second-order valence-corrected chi connectivity index (χ2v) is 5.27. The highest BCUT2D eigenvalue weighted by Gasteiger charge is 2.15. The Morgan fingerprint density at radius 3 is 2.64 bits per heavy atom. The van der Waals surface area contributed by atoms with E-state index in [1.54, 1.807) is 24.0 Å². The molecule has 1 amide bonds. The van der Waals surface area contributed by atoms with Crippen LogP contribution in [0.4, 0.5) is 6.01 Å². The topological polar surface area (TPSA) is 85.8 Å². The van der Waals surface area contributed by atoms with Crippen LogP contribution in [0.25, 0.3) is 11.6 Å². The number of nitrogens with zero attached hydrogens (tertiary/aromatic N) is 4. The van der Waals surface area contributed by atoms with E-state index in [-0.39, 0.29) is 17.4 Å². The van der Waals surface area contributed by atoms with Crippen LogP contribution in [0.5, 0.6) is 0 Å². The van der Waals surface area contributed by atoms with Crippen LogP contribution in [0.1, 0.15) is 10.4 Å². The zero-order chi connectivity index (χ0) is 15.7. The first-order chi connectivity index (χ1) is 10.5. The van der Waals surface area contributed by atoms with Gasteiger partial charge in [-0.1, -0.05) is 28.4 Å². The summed E-state index contributed by atoms with van der Waals surface area (Å²) in [6, 6.07) is 4.46. The molecule has 1 N–H and O–H groups in total. The minimum Gasteiger partial charge on any atom is -0.331 e. The number of rotatable bonds is 3. The van der Waals surface area contributed by atoms with E-state index in [1.165, 1.54) is 18.2 Å². The highest BCUT2D eigenvalue weighted by atomic mass is 35.5. The first-order valence-electron chi connectivity index (χ1n) is 6.12. The standard InChI is InChI=1S/C13H9Cl2N5O2/c1-20-3-2-16-11(20)10-17-13(22-19-10)18-12(21)7-4-8(14)6-9(15)5-7/h2-6H,1H3,(H,17,18,19,21). The van der Waals surface area contributed by atoms with Crippen LogP contribution in [-0.2, 0) is 7.05 Å². The molecule has 0 saturated carbocycles. The molecular formula is C13H9Cl2N5O2. The Kier molecular flexibility index (Phi) is 3.82. The van der Waals surface area contributed by atoms with Crippen molar-refractivity contribution in [3.63, 3.8) is 0 Å². The third-order valence-electron chi connectivity index (χ3n) is 2.79. The van der Waals surface area contributed by atoms with Gasteiger partial charge in [0.2, 0.25) is 5.82 Å². The smallest absolute Gasteiger partial charge is 0.328 e. The number of imidazole rings is 1. The van der Waals surface area contributed by atoms with Crippen molar-refractivity contribution >= 4 is 35.1 Å². The average molecular weight is 338 g/mol. The molecule has 3 aromatic rings. The van der Waals surface area contributed by atoms with E-state index in [1.807, 2.05) is 0 Å². The Bertz CT molecular complexity index is 822. The molecule has 0 aliphatic heterocycles. The number of carbonyl (C=O) groups excluding carboxylic acids is 1. The molecule has 0 atom stereocenters. The van der Waals surface area contributed by atoms with E-state index in [0.29, 0.717) is 15.9 Å². The third kappa shape index (κ3) is 2.95. The highest BCUT2D eigenvalue weighted by molar-refractivity contribution is 6.35. The van der Waals surface area contributed by atoms with Gasteiger partial charge >= 0.3 is 6.01 Å². The summed E-state index contributed by atoms with van der Waals surface area (Å²) in [7, 11) is 1.80. The third-order valence-corrected chi connectivity index (χ3v) is 3.23. The Morgan fingerprint density at radius 1 is 1.27 bits per heavy atom. The van der Waals surface area contributed by atoms with Gasteiger partial charge in [0, 0.05) is 35.1 Å². The van der Waals surface area contributed by atoms with Crippen LogP contribution in [0.3, 0.4) is 0 Å². The van der Waals surface area contributed by atoms with Gasteiger partial charge in [-0.15, -0.1) is 0 Å². The molecule has 0 radical (unpaired) electrons. The van der Waals surface area contributed by atoms with Crippen molar-refractivity contribution in [2.75, 3.05) is 5.32 Å². The van der Waals surface area contributed by atoms with Crippen molar-refractivity contribution < 1.29 is 9.32 Å². The van der Waals surface area contributed by atoms with Gasteiger partial charge in [0.25, 0.3) is 5.91 Å². The van der Waals surface area contributed by atoms with Gasteiger partial charge in [-0.3, -0.25) is 10.1 Å². The molecule has 0 saturated heterocycles. The number of halogens is 2. The molecule has 22 heavy (non-hydrogen) atoms. The van der Waals surface area contributed by atoms with Crippen LogP contribution in [0.15, 0.2) is 35.1 Å². The van der Waals surface area contributed by atoms with Gasteiger partial charge < -0.3 is 9.09 Å². The monoisotopic (exact) mass is 337 g/mol. The Balaban J connectivity index is 1.80. The molecule has 0 spiro atoms. The Labute approximate surface area is 134 Å². The molecule has 2 aromatic heterocycles. The minimum absolute atomic E-state index is 0.0425. The molecule has 3 rings (SSSR count). The molecule has 7 nitrogen and oxygen atoms in total. The van der Waals surface area contributed by atoms with Gasteiger partial charge in [-0.05, 0) is 18.2 Å². The summed E-state index contributed by atoms with van der Waals surface area (Å²) in [5.41, 5.74) is 0.286. The number of carbonyl (C=O) groups is 1. The molecule has 0 aliphatic rings. The fourth-order valence-electron chi connectivity index (χ4n) is 1.80. The average Bonchev–Trinajstić information content (AvgIpc) is 3.06. The van der Waals surface area contributed by atoms with Crippen molar-refractivity contribution in [3.05, 3.63) is 46.2 Å². The molecule has 0 aliphatic carbocycles. The van der Waals surface area contributed by atoms with Crippen LogP contribution in [0.2, 0.25) is 10.0 Å². The van der Waals surface area contributed by atoms with E-state index in [0.717, 1.165) is 0 Å². The first kappa shape index (κ1) is 14.6. The minimum atomic E-state index is -0.459. The molecule has 0 fully saturated rings. The van der Waals surface area contributed by atoms with E-state index in [2.05, 4.69) is 20.4 Å². The van der Waals surface area contributed by atoms with Crippen molar-refractivity contribution in [3.8, 4) is 11.6 Å². The Morgan fingerprint density at radius 2 is 2.00 bits per heavy atom. The fraction of sp³-hybridized carbons (Fsp3) is 0.0769. The summed E-state index contributed by atoms with van der Waals surface area (Å²) >= 11 is 11.7. The highest BCUT2D eigenvalue weighted by Crippen LogP contribution is 2.20. The number of hydrogen-bond acceptors (Lipinski definition) is 5. The second-order valence-electron chi connectivity index (χ2n) is 4.40. The maximum absolute atomic E-state index is 12.1. The number of hydrogen-bond donors (Lipinski definition) is 1. The van der Waals surface area contributed by atoms with Crippen LogP contribution in [0, 0.1) is 0 Å². The number of amides is 1. The second kappa shape index (κ2) is 5.78. The maximum atomic E-state index is 12.1. The number of nitrogens with one attached hydrogen (secondary N) is 1. The van der Waals surface area contributed by atoms with Gasteiger partial charge in [0.1, 0.15) is 0 Å². The zero-order valence-electron chi connectivity index (χ0n) is 11.2. The molecule has 1 aromatic carbocycles. The van der Waals surface area contributed by atoms with Crippen molar-refractivity contribution in [2.24, 2.45) is 7.05 Å². The predicted molar refractivity (Wildman–Crippen MR) is 80.9 cm³/mol. The maximum Gasteiger partial charge on any atom is 0.328 e. The number of aromatic nitrogens is 4. The quantitative estimate of drug-likeness (QED) is 0.793. The van der Waals surface area contributed by atoms with Crippen LogP contribution >= 0.6 is 23.2 Å². The predicted octanol–water partition coefficient (Wildman–Crippen LogP) is 3.03. The lowest BCUT2D eigenvalue weighted by molar-refractivity contribution is 0.102. The van der Waals surface area contributed by atoms with Crippen LogP contribution < -0.4 is 5.32 Å². The number of anilines is 1. The number of aryl methyl sites for hydroxylation is 1. The summed E-state index contributed by atoms with van der Waals surface area (Å²) in [4.78, 5) is 20.3. The summed E-state index contributed by atoms with van der Waals surface area (Å²) in [6.07, 6.45) is 3.36. The van der Waals surface area contributed by atoms with Gasteiger partial charge in [-0.25, -0.2) is 4.98 Å². The first-order valence-corrected chi connectivity index (χ1v) is 6.87. The molecule has 112 valence electrons. The van der Waals surface area contributed by atoms with E-state index >= 15 is 0 Å². The lowest BCUT2D eigenvalue weighted by atomic mass is 10.2. The van der Waals surface area contributed by atoms with Crippen LogP contribution in [-0.4, -0.2) is 25.6 Å². The summed E-state index contributed by atoms with van der Waals surface area (Å²) in [5.74, 6) is 0.335. The largest absolute Gasteiger partial charge is 0.331 e. The van der Waals surface area contributed by atoms with E-state index in [9.17, 15) is 4.79 Å². The van der Waals surface area contributed by atoms with Gasteiger partial charge in [-0.2, -0.15) is 4.98 Å². The lowest BCUT2D eigenvalue weighted by Gasteiger charge is -2.01. The van der Waals surface area contributed by atoms with E-state index in [4.69, 9.17) is 27.7 Å². The SMILES string of the molecule is Cn1ccnc1-c1noc(NC(=O)c2cc(Cl)cc(Cl)c2)n1. The molecule has 0 bridgehead atoms. The van der Waals surface area contributed by atoms with Crippen molar-refractivity contribution in [1.82, 2.24) is 19.7 Å². The molecular weight excluding hydrogens is 329 g/mol. The summed E-state index contributed by atoms with van der Waals surface area (Å²) in [6.45, 7) is 0. The molecule has 9 heteroatoms. The van der Waals surface area contributed by atoms with Gasteiger partial charge in [0.05, 0.1) is 0 Å². The fourth-order valence-corrected chi connectivity index (χ4v) is 2.33. The van der Waals surface area contributed by atoms with E-state index < -0.39 is 5.91 Å². The normalized spacial score (nSPS) is 10.7. The Hall–Kier alpha value is -2.38. The molecule has 2 heterocycles.